The SMILES string of the molecule is CC(C)C(NC(=O)OCC1c2ccccc2-c2ccccc21)C(=O)CCCS(=O)(=O)c1cccc(Nc2cc(S(=O)(=O)O)c(N)c3c2C(=O)c2ccccc2C3=O)c1. The summed E-state index contributed by atoms with van der Waals surface area (Å²) in [6, 6.07) is 27.2. The Morgan fingerprint density at radius 3 is 1.93 bits per heavy atom. The van der Waals surface area contributed by atoms with Crippen LogP contribution in [0.5, 0.6) is 0 Å². The predicted molar refractivity (Wildman–Crippen MR) is 217 cm³/mol. The fourth-order valence-electron chi connectivity index (χ4n) is 7.62. The molecule has 0 saturated carbocycles. The number of amides is 1. The van der Waals surface area contributed by atoms with Crippen LogP contribution in [0.25, 0.3) is 11.1 Å². The Balaban J connectivity index is 1.02. The largest absolute Gasteiger partial charge is 0.449 e. The number of carbonyl (C=O) groups is 4. The summed E-state index contributed by atoms with van der Waals surface area (Å²) < 4.78 is 67.3. The summed E-state index contributed by atoms with van der Waals surface area (Å²) in [5.74, 6) is -2.63. The molecule has 0 spiro atoms. The third-order valence-corrected chi connectivity index (χ3v) is 13.1. The van der Waals surface area contributed by atoms with Gasteiger partial charge in [0.15, 0.2) is 27.2 Å². The Hall–Kier alpha value is -6.16. The van der Waals surface area contributed by atoms with Crippen molar-refractivity contribution in [2.75, 3.05) is 23.4 Å². The maximum Gasteiger partial charge on any atom is 0.407 e. The second-order valence-corrected chi connectivity index (χ2v) is 18.0. The molecule has 1 atom stereocenters. The molecule has 58 heavy (non-hydrogen) atoms. The molecule has 5 N–H and O–H groups in total. The first-order chi connectivity index (χ1) is 27.6. The van der Waals surface area contributed by atoms with Crippen molar-refractivity contribution >= 4 is 60.5 Å². The van der Waals surface area contributed by atoms with Crippen LogP contribution in [0.15, 0.2) is 113 Å². The van der Waals surface area contributed by atoms with Gasteiger partial charge in [-0.15, -0.1) is 0 Å². The van der Waals surface area contributed by atoms with E-state index in [1.54, 1.807) is 19.9 Å². The lowest BCUT2D eigenvalue weighted by Crippen LogP contribution is -2.45. The number of hydrogen-bond donors (Lipinski definition) is 4. The van der Waals surface area contributed by atoms with Gasteiger partial charge < -0.3 is 21.1 Å². The zero-order chi connectivity index (χ0) is 41.5. The van der Waals surface area contributed by atoms with E-state index in [1.807, 2.05) is 48.5 Å². The first-order valence-electron chi connectivity index (χ1n) is 18.4. The zero-order valence-electron chi connectivity index (χ0n) is 31.4. The molecule has 7 rings (SSSR count). The van der Waals surface area contributed by atoms with Gasteiger partial charge in [0.1, 0.15) is 11.5 Å². The van der Waals surface area contributed by atoms with E-state index in [4.69, 9.17) is 10.5 Å². The van der Waals surface area contributed by atoms with Crippen LogP contribution < -0.4 is 16.4 Å². The van der Waals surface area contributed by atoms with Gasteiger partial charge in [0.2, 0.25) is 0 Å². The van der Waals surface area contributed by atoms with Gasteiger partial charge in [-0.1, -0.05) is 92.7 Å². The summed E-state index contributed by atoms with van der Waals surface area (Å²) in [4.78, 5) is 52.6. The number of hydrogen-bond acceptors (Lipinski definition) is 11. The molecule has 13 nitrogen and oxygen atoms in total. The Kier molecular flexibility index (Phi) is 10.8. The maximum absolute atomic E-state index is 13.7. The Morgan fingerprint density at radius 2 is 1.34 bits per heavy atom. The van der Waals surface area contributed by atoms with Crippen molar-refractivity contribution in [3.63, 3.8) is 0 Å². The van der Waals surface area contributed by atoms with Crippen LogP contribution in [0, 0.1) is 5.92 Å². The summed E-state index contributed by atoms with van der Waals surface area (Å²) in [5.41, 5.74) is 9.02. The lowest BCUT2D eigenvalue weighted by molar-refractivity contribution is -0.122. The quantitative estimate of drug-likeness (QED) is 0.0706. The average Bonchev–Trinajstić information content (AvgIpc) is 3.51. The first-order valence-corrected chi connectivity index (χ1v) is 21.5. The molecule has 0 heterocycles. The van der Waals surface area contributed by atoms with E-state index in [0.29, 0.717) is 0 Å². The summed E-state index contributed by atoms with van der Waals surface area (Å²) in [7, 11) is -8.98. The van der Waals surface area contributed by atoms with Crippen molar-refractivity contribution in [1.29, 1.82) is 0 Å². The van der Waals surface area contributed by atoms with Gasteiger partial charge in [-0.3, -0.25) is 18.9 Å². The molecule has 2 aliphatic carbocycles. The van der Waals surface area contributed by atoms with Crippen LogP contribution in [-0.2, 0) is 29.5 Å². The van der Waals surface area contributed by atoms with Crippen LogP contribution in [0.3, 0.4) is 0 Å². The fourth-order valence-corrected chi connectivity index (χ4v) is 9.62. The van der Waals surface area contributed by atoms with Gasteiger partial charge in [-0.2, -0.15) is 8.42 Å². The number of nitrogens with one attached hydrogen (secondary N) is 2. The molecule has 0 aromatic heterocycles. The zero-order valence-corrected chi connectivity index (χ0v) is 33.0. The van der Waals surface area contributed by atoms with E-state index >= 15 is 0 Å². The number of carbonyl (C=O) groups excluding carboxylic acids is 4. The molecule has 5 aromatic rings. The molecule has 15 heteroatoms. The van der Waals surface area contributed by atoms with E-state index < -0.39 is 65.6 Å². The minimum Gasteiger partial charge on any atom is -0.449 e. The highest BCUT2D eigenvalue weighted by Crippen LogP contribution is 2.45. The third-order valence-electron chi connectivity index (χ3n) is 10.4. The Morgan fingerprint density at radius 1 is 0.776 bits per heavy atom. The number of sulfone groups is 1. The lowest BCUT2D eigenvalue weighted by Gasteiger charge is -2.23. The van der Waals surface area contributed by atoms with Crippen LogP contribution in [-0.4, -0.2) is 63.2 Å². The number of Topliss-reactive ketones (excluding diaryl/α,β-unsaturated/α-hetero) is 1. The van der Waals surface area contributed by atoms with Gasteiger partial charge in [0.25, 0.3) is 10.1 Å². The molecule has 2 aliphatic rings. The number of rotatable bonds is 13. The maximum atomic E-state index is 13.7. The predicted octanol–water partition coefficient (Wildman–Crippen LogP) is 6.72. The number of nitrogen functional groups attached to an aromatic ring is 1. The molecule has 1 unspecified atom stereocenters. The number of alkyl carbamates (subject to hydrolysis) is 1. The van der Waals surface area contributed by atoms with Crippen molar-refractivity contribution in [2.24, 2.45) is 5.92 Å². The molecular weight excluding hydrogens is 783 g/mol. The topological polar surface area (TPSA) is 216 Å². The first kappa shape index (κ1) is 40.1. The molecule has 0 saturated heterocycles. The van der Waals surface area contributed by atoms with E-state index in [0.717, 1.165) is 28.3 Å². The van der Waals surface area contributed by atoms with E-state index in [-0.39, 0.29) is 70.0 Å². The normalized spacial score (nSPS) is 13.9. The van der Waals surface area contributed by atoms with Gasteiger partial charge >= 0.3 is 6.09 Å². The van der Waals surface area contributed by atoms with Crippen molar-refractivity contribution in [2.45, 2.75) is 48.4 Å². The van der Waals surface area contributed by atoms with Gasteiger partial charge in [-0.25, -0.2) is 13.2 Å². The molecule has 0 bridgehead atoms. The van der Waals surface area contributed by atoms with Crippen LogP contribution in [0.4, 0.5) is 21.9 Å². The van der Waals surface area contributed by atoms with E-state index in [9.17, 15) is 40.6 Å². The van der Waals surface area contributed by atoms with Crippen molar-refractivity contribution in [3.05, 3.63) is 137 Å². The second-order valence-electron chi connectivity index (χ2n) is 14.5. The number of ether oxygens (including phenoxy) is 1. The molecule has 1 amide bonds. The van der Waals surface area contributed by atoms with Gasteiger partial charge in [0, 0.05) is 29.2 Å². The average molecular weight is 822 g/mol. The monoisotopic (exact) mass is 821 g/mol. The van der Waals surface area contributed by atoms with Gasteiger partial charge in [0.05, 0.1) is 39.2 Å². The Labute approximate surface area is 335 Å². The number of benzene rings is 5. The van der Waals surface area contributed by atoms with Crippen molar-refractivity contribution < 1.29 is 45.3 Å². The number of fused-ring (bicyclic) bond motifs is 5. The second kappa shape index (κ2) is 15.6. The summed E-state index contributed by atoms with van der Waals surface area (Å²) in [6.07, 6.45) is -0.975. The van der Waals surface area contributed by atoms with Crippen molar-refractivity contribution in [1.82, 2.24) is 5.32 Å². The third kappa shape index (κ3) is 7.63. The highest BCUT2D eigenvalue weighted by atomic mass is 32.2. The summed E-state index contributed by atoms with van der Waals surface area (Å²) in [6.45, 7) is 3.59. The standard InChI is InChI=1S/C43H39N3O10S2/c1-24(2)40(46-43(50)56-23-33-29-15-5-3-13-27(29)28-14-4-6-16-30(28)33)35(47)19-10-20-57(51,52)26-12-9-11-25(21-26)45-34-22-36(58(53,54)55)39(44)38-37(34)41(48)31-17-7-8-18-32(31)42(38)49/h3-9,11-18,21-22,24,33,40,45H,10,19-20,23,44H2,1-2H3,(H,46,50)(H,53,54,55). The molecule has 0 fully saturated rings. The number of nitrogens with two attached hydrogens (primary N) is 1. The van der Waals surface area contributed by atoms with Crippen molar-refractivity contribution in [3.8, 4) is 11.1 Å². The van der Waals surface area contributed by atoms with E-state index in [2.05, 4.69) is 10.6 Å². The smallest absolute Gasteiger partial charge is 0.407 e. The van der Waals surface area contributed by atoms with Crippen LogP contribution >= 0.6 is 0 Å². The Bertz CT molecular complexity index is 2700. The molecule has 298 valence electrons. The fraction of sp³-hybridized carbons (Fsp3) is 0.209. The molecule has 0 radical (unpaired) electrons. The molecule has 0 aliphatic heterocycles. The van der Waals surface area contributed by atoms with E-state index in [1.165, 1.54) is 42.5 Å². The number of ketones is 3. The lowest BCUT2D eigenvalue weighted by atomic mass is 9.82. The molecule has 5 aromatic carbocycles. The highest BCUT2D eigenvalue weighted by Gasteiger charge is 2.37. The van der Waals surface area contributed by atoms with Crippen LogP contribution in [0.1, 0.15) is 75.6 Å². The van der Waals surface area contributed by atoms with Crippen LogP contribution in [0.2, 0.25) is 0 Å². The number of anilines is 3. The minimum absolute atomic E-state index is 0.00411. The highest BCUT2D eigenvalue weighted by molar-refractivity contribution is 7.91. The minimum atomic E-state index is -4.98. The summed E-state index contributed by atoms with van der Waals surface area (Å²) in [5, 5.41) is 5.52. The summed E-state index contributed by atoms with van der Waals surface area (Å²) >= 11 is 0. The molecular formula is C43H39N3O10S2. The van der Waals surface area contributed by atoms with Gasteiger partial charge in [-0.05, 0) is 58.9 Å².